The summed E-state index contributed by atoms with van der Waals surface area (Å²) in [6, 6.07) is 14.8. The van der Waals surface area contributed by atoms with Crippen molar-refractivity contribution >= 4 is 17.5 Å². The normalized spacial score (nSPS) is 20.4. The molecule has 2 N–H and O–H groups in total. The highest BCUT2D eigenvalue weighted by Gasteiger charge is 2.39. The average Bonchev–Trinajstić information content (AvgIpc) is 3.55. The number of rotatable bonds is 9. The first-order valence-electron chi connectivity index (χ1n) is 11.3. The number of hydrogen-bond acceptors (Lipinski definition) is 5. The van der Waals surface area contributed by atoms with Gasteiger partial charge in [-0.2, -0.15) is 0 Å². The quantitative estimate of drug-likeness (QED) is 0.631. The molecule has 4 rings (SSSR count). The lowest BCUT2D eigenvalue weighted by Gasteiger charge is -2.26. The highest BCUT2D eigenvalue weighted by Crippen LogP contribution is 2.38. The first kappa shape index (κ1) is 22.3. The van der Waals surface area contributed by atoms with E-state index in [0.717, 1.165) is 50.6 Å². The van der Waals surface area contributed by atoms with Crippen LogP contribution in [-0.4, -0.2) is 56.2 Å². The monoisotopic (exact) mass is 437 g/mol. The van der Waals surface area contributed by atoms with Crippen LogP contribution < -0.4 is 15.4 Å². The predicted molar refractivity (Wildman–Crippen MR) is 123 cm³/mol. The molecule has 7 heteroatoms. The number of morpholine rings is 1. The Hall–Kier alpha value is -2.90. The summed E-state index contributed by atoms with van der Waals surface area (Å²) in [5, 5.41) is 5.85. The minimum atomic E-state index is -0.181. The van der Waals surface area contributed by atoms with Gasteiger partial charge < -0.3 is 20.1 Å². The molecular weight excluding hydrogens is 406 g/mol. The highest BCUT2D eigenvalue weighted by molar-refractivity contribution is 5.98. The van der Waals surface area contributed by atoms with Crippen LogP contribution in [0.4, 0.5) is 5.69 Å². The van der Waals surface area contributed by atoms with Crippen molar-refractivity contribution < 1.29 is 19.1 Å². The Morgan fingerprint density at radius 2 is 1.91 bits per heavy atom. The Morgan fingerprint density at radius 1 is 1.12 bits per heavy atom. The van der Waals surface area contributed by atoms with Gasteiger partial charge in [-0.15, -0.1) is 0 Å². The van der Waals surface area contributed by atoms with E-state index < -0.39 is 0 Å². The molecule has 2 amide bonds. The van der Waals surface area contributed by atoms with Crippen molar-refractivity contribution in [3.63, 3.8) is 0 Å². The van der Waals surface area contributed by atoms with Crippen molar-refractivity contribution in [3.05, 3.63) is 59.7 Å². The standard InChI is InChI=1S/C25H31N3O4/c1-18-14-23(18)25(30)27-21-6-3-5-20(16-21)24(29)26-17-19-4-2-7-22(15-19)32-13-10-28-8-11-31-12-9-28/h2-7,15-16,18,23H,8-14,17H2,1H3,(H,26,29)(H,27,30). The molecule has 2 atom stereocenters. The molecule has 2 fully saturated rings. The van der Waals surface area contributed by atoms with Gasteiger partial charge in [-0.3, -0.25) is 14.5 Å². The molecule has 32 heavy (non-hydrogen) atoms. The number of nitrogens with zero attached hydrogens (tertiary/aromatic N) is 1. The Balaban J connectivity index is 1.25. The zero-order valence-corrected chi connectivity index (χ0v) is 18.5. The van der Waals surface area contributed by atoms with E-state index in [1.165, 1.54) is 0 Å². The number of nitrogens with one attached hydrogen (secondary N) is 2. The molecule has 0 radical (unpaired) electrons. The van der Waals surface area contributed by atoms with Gasteiger partial charge in [-0.05, 0) is 48.2 Å². The zero-order valence-electron chi connectivity index (χ0n) is 18.5. The molecule has 7 nitrogen and oxygen atoms in total. The maximum Gasteiger partial charge on any atom is 0.251 e. The third kappa shape index (κ3) is 6.31. The zero-order chi connectivity index (χ0) is 22.3. The van der Waals surface area contributed by atoms with Crippen LogP contribution in [0.1, 0.15) is 29.3 Å². The van der Waals surface area contributed by atoms with Crippen LogP contribution >= 0.6 is 0 Å². The van der Waals surface area contributed by atoms with E-state index in [4.69, 9.17) is 9.47 Å². The maximum absolute atomic E-state index is 12.6. The fraction of sp³-hybridized carbons (Fsp3) is 0.440. The summed E-state index contributed by atoms with van der Waals surface area (Å²) in [7, 11) is 0. The fourth-order valence-corrected chi connectivity index (χ4v) is 3.81. The van der Waals surface area contributed by atoms with E-state index >= 15 is 0 Å². The van der Waals surface area contributed by atoms with Crippen molar-refractivity contribution in [2.45, 2.75) is 19.9 Å². The second-order valence-corrected chi connectivity index (χ2v) is 8.52. The van der Waals surface area contributed by atoms with E-state index in [-0.39, 0.29) is 17.7 Å². The van der Waals surface area contributed by atoms with Crippen LogP contribution in [0.5, 0.6) is 5.75 Å². The summed E-state index contributed by atoms with van der Waals surface area (Å²) in [5.41, 5.74) is 2.14. The molecule has 1 aliphatic heterocycles. The molecule has 1 heterocycles. The van der Waals surface area contributed by atoms with Gasteiger partial charge in [0.2, 0.25) is 5.91 Å². The lowest BCUT2D eigenvalue weighted by Crippen LogP contribution is -2.38. The second kappa shape index (κ2) is 10.6. The number of carbonyl (C=O) groups excluding carboxylic acids is 2. The first-order valence-corrected chi connectivity index (χ1v) is 11.3. The van der Waals surface area contributed by atoms with Crippen molar-refractivity contribution in [3.8, 4) is 5.75 Å². The van der Waals surface area contributed by atoms with Gasteiger partial charge >= 0.3 is 0 Å². The summed E-state index contributed by atoms with van der Waals surface area (Å²) < 4.78 is 11.3. The Bertz CT molecular complexity index is 942. The van der Waals surface area contributed by atoms with Crippen molar-refractivity contribution in [1.82, 2.24) is 10.2 Å². The summed E-state index contributed by atoms with van der Waals surface area (Å²) in [4.78, 5) is 27.1. The van der Waals surface area contributed by atoms with Gasteiger partial charge in [0.25, 0.3) is 5.91 Å². The fourth-order valence-electron chi connectivity index (χ4n) is 3.81. The molecule has 2 aliphatic rings. The van der Waals surface area contributed by atoms with Crippen LogP contribution in [0.15, 0.2) is 48.5 Å². The smallest absolute Gasteiger partial charge is 0.251 e. The van der Waals surface area contributed by atoms with Gasteiger partial charge in [0.1, 0.15) is 12.4 Å². The van der Waals surface area contributed by atoms with E-state index in [9.17, 15) is 9.59 Å². The number of ether oxygens (including phenoxy) is 2. The largest absolute Gasteiger partial charge is 0.492 e. The molecule has 1 saturated carbocycles. The van der Waals surface area contributed by atoms with Gasteiger partial charge in [0.15, 0.2) is 0 Å². The van der Waals surface area contributed by atoms with Crippen molar-refractivity contribution in [2.75, 3.05) is 44.8 Å². The van der Waals surface area contributed by atoms with Gasteiger partial charge in [0.05, 0.1) is 13.2 Å². The molecule has 2 aromatic carbocycles. The van der Waals surface area contributed by atoms with Gasteiger partial charge in [-0.1, -0.05) is 25.1 Å². The van der Waals surface area contributed by atoms with Crippen molar-refractivity contribution in [2.24, 2.45) is 11.8 Å². The third-order valence-corrected chi connectivity index (χ3v) is 5.97. The molecule has 1 aliphatic carbocycles. The molecule has 0 spiro atoms. The minimum Gasteiger partial charge on any atom is -0.492 e. The van der Waals surface area contributed by atoms with Crippen LogP contribution in [-0.2, 0) is 16.1 Å². The van der Waals surface area contributed by atoms with E-state index in [2.05, 4.69) is 22.5 Å². The van der Waals surface area contributed by atoms with Crippen LogP contribution in [0.25, 0.3) is 0 Å². The molecule has 2 aromatic rings. The van der Waals surface area contributed by atoms with E-state index in [1.807, 2.05) is 24.3 Å². The number of hydrogen-bond donors (Lipinski definition) is 2. The average molecular weight is 438 g/mol. The summed E-state index contributed by atoms with van der Waals surface area (Å²) in [6.07, 6.45) is 0.933. The summed E-state index contributed by atoms with van der Waals surface area (Å²) >= 11 is 0. The van der Waals surface area contributed by atoms with Gasteiger partial charge in [-0.25, -0.2) is 0 Å². The molecular formula is C25H31N3O4. The number of benzene rings is 2. The SMILES string of the molecule is CC1CC1C(=O)Nc1cccc(C(=O)NCc2cccc(OCCN3CCOCC3)c2)c1. The summed E-state index contributed by atoms with van der Waals surface area (Å²) in [5.74, 6) is 1.18. The topological polar surface area (TPSA) is 79.9 Å². The number of anilines is 1. The number of amides is 2. The Kier molecular flexibility index (Phi) is 7.39. The van der Waals surface area contributed by atoms with Crippen LogP contribution in [0.3, 0.4) is 0 Å². The Morgan fingerprint density at radius 3 is 2.69 bits per heavy atom. The van der Waals surface area contributed by atoms with E-state index in [0.29, 0.717) is 30.3 Å². The maximum atomic E-state index is 12.6. The highest BCUT2D eigenvalue weighted by atomic mass is 16.5. The first-order chi connectivity index (χ1) is 15.6. The van der Waals surface area contributed by atoms with Crippen LogP contribution in [0.2, 0.25) is 0 Å². The van der Waals surface area contributed by atoms with E-state index in [1.54, 1.807) is 24.3 Å². The van der Waals surface area contributed by atoms with Crippen molar-refractivity contribution in [1.29, 1.82) is 0 Å². The minimum absolute atomic E-state index is 0.0282. The molecule has 1 saturated heterocycles. The third-order valence-electron chi connectivity index (χ3n) is 5.97. The van der Waals surface area contributed by atoms with Gasteiger partial charge in [0, 0.05) is 43.3 Å². The predicted octanol–water partition coefficient (Wildman–Crippen LogP) is 2.92. The molecule has 170 valence electrons. The Labute approximate surface area is 189 Å². The summed E-state index contributed by atoms with van der Waals surface area (Å²) in [6.45, 7) is 7.41. The second-order valence-electron chi connectivity index (χ2n) is 8.52. The molecule has 0 bridgehead atoms. The molecule has 2 unspecified atom stereocenters. The van der Waals surface area contributed by atoms with Crippen LogP contribution in [0, 0.1) is 11.8 Å². The number of carbonyl (C=O) groups is 2. The lowest BCUT2D eigenvalue weighted by atomic mass is 10.1. The molecule has 0 aromatic heterocycles. The lowest BCUT2D eigenvalue weighted by molar-refractivity contribution is -0.117.